The van der Waals surface area contributed by atoms with E-state index in [1.165, 1.54) is 0 Å². The number of nitrogens with zero attached hydrogens (tertiary/aromatic N) is 2. The van der Waals surface area contributed by atoms with Crippen LogP contribution in [0.4, 0.5) is 0 Å². The molecule has 6 nitrogen and oxygen atoms in total. The highest BCUT2D eigenvalue weighted by Crippen LogP contribution is 2.25. The zero-order valence-corrected chi connectivity index (χ0v) is 14.2. The maximum Gasteiger partial charge on any atom is 0.191 e. The summed E-state index contributed by atoms with van der Waals surface area (Å²) in [5, 5.41) is 10.8. The molecule has 1 aliphatic rings. The van der Waals surface area contributed by atoms with Gasteiger partial charge in [0.25, 0.3) is 0 Å². The molecule has 2 heterocycles. The molecule has 0 bridgehead atoms. The van der Waals surface area contributed by atoms with E-state index >= 15 is 0 Å². The number of hydrogen-bond acceptors (Lipinski definition) is 4. The number of hydrogen-bond donors (Lipinski definition) is 2. The van der Waals surface area contributed by atoms with E-state index in [9.17, 15) is 0 Å². The minimum Gasteiger partial charge on any atom is -0.380 e. The van der Waals surface area contributed by atoms with Gasteiger partial charge in [-0.05, 0) is 13.3 Å². The molecule has 0 aliphatic carbocycles. The zero-order valence-electron chi connectivity index (χ0n) is 14.2. The largest absolute Gasteiger partial charge is 0.380 e. The van der Waals surface area contributed by atoms with Crippen molar-refractivity contribution < 1.29 is 9.26 Å². The molecule has 2 N–H and O–H groups in total. The second kappa shape index (κ2) is 7.63. The second-order valence-corrected chi connectivity index (χ2v) is 6.09. The first-order valence-electron chi connectivity index (χ1n) is 8.18. The molecule has 22 heavy (non-hydrogen) atoms. The van der Waals surface area contributed by atoms with Gasteiger partial charge in [0.05, 0.1) is 25.5 Å². The van der Waals surface area contributed by atoms with Gasteiger partial charge in [0, 0.05) is 30.5 Å². The van der Waals surface area contributed by atoms with E-state index in [1.807, 2.05) is 0 Å². The molecule has 1 aliphatic heterocycles. The van der Waals surface area contributed by atoms with Crippen LogP contribution in [-0.2, 0) is 24.1 Å². The van der Waals surface area contributed by atoms with Crippen molar-refractivity contribution in [3.8, 4) is 0 Å². The topological polar surface area (TPSA) is 71.7 Å². The normalized spacial score (nSPS) is 17.2. The van der Waals surface area contributed by atoms with Crippen molar-refractivity contribution in [2.75, 3.05) is 26.3 Å². The van der Waals surface area contributed by atoms with Gasteiger partial charge < -0.3 is 19.9 Å². The van der Waals surface area contributed by atoms with Gasteiger partial charge >= 0.3 is 0 Å². The van der Waals surface area contributed by atoms with Crippen LogP contribution >= 0.6 is 0 Å². The van der Waals surface area contributed by atoms with Crippen LogP contribution in [0.25, 0.3) is 0 Å². The van der Waals surface area contributed by atoms with Crippen molar-refractivity contribution in [2.45, 2.75) is 47.1 Å². The first kappa shape index (κ1) is 16.8. The van der Waals surface area contributed by atoms with E-state index in [2.05, 4.69) is 48.5 Å². The van der Waals surface area contributed by atoms with Crippen LogP contribution in [0.15, 0.2) is 9.52 Å². The van der Waals surface area contributed by atoms with Crippen molar-refractivity contribution >= 4 is 5.96 Å². The number of nitrogens with one attached hydrogen (secondary N) is 2. The standard InChI is InChI=1S/C16H28N4O2/c1-5-13-12(14(6-2)22-20-13)8-18-15(17-7-3)19-9-16(4)10-21-11-16/h5-11H2,1-4H3,(H2,17,18,19). The summed E-state index contributed by atoms with van der Waals surface area (Å²) in [5.41, 5.74) is 2.35. The Labute approximate surface area is 132 Å². The Morgan fingerprint density at radius 3 is 2.55 bits per heavy atom. The van der Waals surface area contributed by atoms with Crippen LogP contribution in [0.1, 0.15) is 44.7 Å². The zero-order chi connectivity index (χ0) is 16.0. The van der Waals surface area contributed by atoms with Crippen LogP contribution < -0.4 is 10.6 Å². The number of ether oxygens (including phenoxy) is 1. The predicted molar refractivity (Wildman–Crippen MR) is 87.0 cm³/mol. The van der Waals surface area contributed by atoms with E-state index in [1.54, 1.807) is 0 Å². The highest BCUT2D eigenvalue weighted by molar-refractivity contribution is 5.79. The summed E-state index contributed by atoms with van der Waals surface area (Å²) < 4.78 is 10.7. The predicted octanol–water partition coefficient (Wildman–Crippen LogP) is 1.89. The first-order valence-corrected chi connectivity index (χ1v) is 8.18. The number of aliphatic imine (C=N–C) groups is 1. The van der Waals surface area contributed by atoms with Crippen molar-refractivity contribution in [2.24, 2.45) is 10.4 Å². The number of aromatic nitrogens is 1. The van der Waals surface area contributed by atoms with Crippen LogP contribution in [0.2, 0.25) is 0 Å². The summed E-state index contributed by atoms with van der Waals surface area (Å²) in [6.07, 6.45) is 1.71. The minimum atomic E-state index is 0.219. The van der Waals surface area contributed by atoms with E-state index in [4.69, 9.17) is 9.26 Å². The van der Waals surface area contributed by atoms with Crippen molar-refractivity contribution in [3.63, 3.8) is 0 Å². The molecule has 0 saturated carbocycles. The molecule has 2 rings (SSSR count). The average molecular weight is 308 g/mol. The molecule has 1 saturated heterocycles. The Morgan fingerprint density at radius 1 is 1.23 bits per heavy atom. The average Bonchev–Trinajstić information content (AvgIpc) is 2.90. The fourth-order valence-corrected chi connectivity index (χ4v) is 2.47. The summed E-state index contributed by atoms with van der Waals surface area (Å²) in [6.45, 7) is 12.4. The molecule has 0 radical (unpaired) electrons. The van der Waals surface area contributed by atoms with Gasteiger partial charge in [0.2, 0.25) is 0 Å². The maximum absolute atomic E-state index is 5.39. The molecule has 0 atom stereocenters. The molecular formula is C16H28N4O2. The second-order valence-electron chi connectivity index (χ2n) is 6.09. The summed E-state index contributed by atoms with van der Waals surface area (Å²) in [6, 6.07) is 0. The van der Waals surface area contributed by atoms with Crippen molar-refractivity contribution in [1.29, 1.82) is 0 Å². The van der Waals surface area contributed by atoms with Crippen LogP contribution in [0.3, 0.4) is 0 Å². The molecule has 1 fully saturated rings. The molecule has 1 aromatic heterocycles. The molecule has 6 heteroatoms. The summed E-state index contributed by atoms with van der Waals surface area (Å²) in [4.78, 5) is 4.69. The van der Waals surface area contributed by atoms with E-state index in [0.29, 0.717) is 6.54 Å². The van der Waals surface area contributed by atoms with E-state index in [-0.39, 0.29) is 5.41 Å². The SMILES string of the molecule is CCNC(=NCc1c(CC)noc1CC)NCC1(C)COC1. The lowest BCUT2D eigenvalue weighted by Gasteiger charge is -2.38. The van der Waals surface area contributed by atoms with Crippen LogP contribution in [-0.4, -0.2) is 37.4 Å². The van der Waals surface area contributed by atoms with Crippen molar-refractivity contribution in [3.05, 3.63) is 17.0 Å². The van der Waals surface area contributed by atoms with Gasteiger partial charge in [0.15, 0.2) is 5.96 Å². The number of aryl methyl sites for hydroxylation is 2. The Bertz CT molecular complexity index is 485. The third-order valence-corrected chi connectivity index (χ3v) is 3.93. The number of rotatable bonds is 7. The van der Waals surface area contributed by atoms with Gasteiger partial charge in [-0.1, -0.05) is 25.9 Å². The lowest BCUT2D eigenvalue weighted by molar-refractivity contribution is -0.0971. The van der Waals surface area contributed by atoms with Gasteiger partial charge in [-0.25, -0.2) is 4.99 Å². The van der Waals surface area contributed by atoms with Gasteiger partial charge in [-0.3, -0.25) is 0 Å². The first-order chi connectivity index (χ1) is 10.6. The lowest BCUT2D eigenvalue weighted by atomic mass is 9.89. The molecule has 1 aromatic rings. The van der Waals surface area contributed by atoms with Crippen molar-refractivity contribution in [1.82, 2.24) is 15.8 Å². The van der Waals surface area contributed by atoms with Crippen LogP contribution in [0.5, 0.6) is 0 Å². The lowest BCUT2D eigenvalue weighted by Crippen LogP contribution is -2.51. The summed E-state index contributed by atoms with van der Waals surface area (Å²) in [7, 11) is 0. The molecular weight excluding hydrogens is 280 g/mol. The Hall–Kier alpha value is -1.56. The molecule has 0 spiro atoms. The minimum absolute atomic E-state index is 0.219. The highest BCUT2D eigenvalue weighted by atomic mass is 16.5. The fourth-order valence-electron chi connectivity index (χ4n) is 2.47. The Kier molecular flexibility index (Phi) is 5.83. The fraction of sp³-hybridized carbons (Fsp3) is 0.750. The summed E-state index contributed by atoms with van der Waals surface area (Å²) >= 11 is 0. The van der Waals surface area contributed by atoms with Gasteiger partial charge in [0.1, 0.15) is 5.76 Å². The van der Waals surface area contributed by atoms with Gasteiger partial charge in [-0.2, -0.15) is 0 Å². The van der Waals surface area contributed by atoms with E-state index in [0.717, 1.165) is 62.1 Å². The van der Waals surface area contributed by atoms with E-state index < -0.39 is 0 Å². The Morgan fingerprint density at radius 2 is 2.00 bits per heavy atom. The molecule has 0 unspecified atom stereocenters. The molecule has 124 valence electrons. The highest BCUT2D eigenvalue weighted by Gasteiger charge is 2.33. The maximum atomic E-state index is 5.39. The number of guanidine groups is 1. The van der Waals surface area contributed by atoms with Crippen LogP contribution in [0, 0.1) is 5.41 Å². The summed E-state index contributed by atoms with van der Waals surface area (Å²) in [5.74, 6) is 1.77. The van der Waals surface area contributed by atoms with Gasteiger partial charge in [-0.15, -0.1) is 0 Å². The smallest absolute Gasteiger partial charge is 0.191 e. The quantitative estimate of drug-likeness (QED) is 0.594. The third kappa shape index (κ3) is 4.00. The molecule has 0 amide bonds. The monoisotopic (exact) mass is 308 g/mol. The third-order valence-electron chi connectivity index (χ3n) is 3.93. The Balaban J connectivity index is 2.01. The molecule has 0 aromatic carbocycles.